The number of aliphatic hydroxyl groups excluding tert-OH is 6. The molecule has 0 bridgehead atoms. The summed E-state index contributed by atoms with van der Waals surface area (Å²) in [5.41, 5.74) is 19.0. The molecule has 3 aliphatic rings. The highest BCUT2D eigenvalue weighted by Crippen LogP contribution is 2.28. The number of hydrogen-bond acceptors (Lipinski definition) is 17. The number of hydrogen-bond donors (Lipinski definition) is 13. The van der Waals surface area contributed by atoms with Crippen molar-refractivity contribution < 1.29 is 74.1 Å². The average Bonchev–Trinajstić information content (AvgIpc) is 3.95. The van der Waals surface area contributed by atoms with E-state index in [9.17, 15) is 85.2 Å². The molecule has 3 fully saturated rings. The summed E-state index contributed by atoms with van der Waals surface area (Å²) < 4.78 is 0. The van der Waals surface area contributed by atoms with Crippen LogP contribution in [0.2, 0.25) is 0 Å². The van der Waals surface area contributed by atoms with Gasteiger partial charge in [0.15, 0.2) is 0 Å². The summed E-state index contributed by atoms with van der Waals surface area (Å²) in [4.78, 5) is 119. The first-order valence-electron chi connectivity index (χ1n) is 26.4. The Morgan fingerprint density at radius 3 is 2.03 bits per heavy atom. The van der Waals surface area contributed by atoms with Gasteiger partial charge >= 0.3 is 6.03 Å². The van der Waals surface area contributed by atoms with E-state index < -0.39 is 165 Å². The molecule has 13 N–H and O–H groups in total. The van der Waals surface area contributed by atoms with Crippen molar-refractivity contribution in [2.24, 2.45) is 22.1 Å². The number of imide groups is 1. The number of rotatable bonds is 20. The number of nitrogens with one attached hydrogen (secondary N) is 6. The number of nitrogens with zero attached hydrogens (tertiary/aromatic N) is 8. The number of urea groups is 1. The van der Waals surface area contributed by atoms with Gasteiger partial charge in [0.05, 0.1) is 43.2 Å². The second-order valence-corrected chi connectivity index (χ2v) is 20.4. The van der Waals surface area contributed by atoms with E-state index in [0.717, 1.165) is 67.4 Å². The summed E-state index contributed by atoms with van der Waals surface area (Å²) in [6.07, 6.45) is -3.05. The maximum atomic E-state index is 14.3. The first-order chi connectivity index (χ1) is 37.1. The molecule has 3 saturated heterocycles. The van der Waals surface area contributed by atoms with Gasteiger partial charge in [0.1, 0.15) is 48.2 Å². The Balaban J connectivity index is 1.72. The number of phenols is 1. The fourth-order valence-corrected chi connectivity index (χ4v) is 9.65. The number of benzene rings is 1. The lowest BCUT2D eigenvalue weighted by molar-refractivity contribution is -0.145. The molecule has 0 saturated carbocycles. The lowest BCUT2D eigenvalue weighted by atomic mass is 9.95. The largest absolute Gasteiger partial charge is 0.508 e. The number of unbranched alkanes of at least 4 members (excludes halogenated alkanes) is 7. The minimum Gasteiger partial charge on any atom is -0.508 e. The van der Waals surface area contributed by atoms with Gasteiger partial charge in [-0.3, -0.25) is 38.9 Å². The van der Waals surface area contributed by atoms with Crippen molar-refractivity contribution in [3.63, 3.8) is 0 Å². The van der Waals surface area contributed by atoms with E-state index in [0.29, 0.717) is 18.8 Å². The second kappa shape index (κ2) is 30.9. The van der Waals surface area contributed by atoms with Gasteiger partial charge in [0.2, 0.25) is 35.4 Å². The molecule has 29 nitrogen and oxygen atoms in total. The van der Waals surface area contributed by atoms with Crippen LogP contribution in [0.1, 0.15) is 123 Å². The number of azide groups is 2. The number of phenolic OH excluding ortho intramolecular Hbond substituents is 1. The van der Waals surface area contributed by atoms with Crippen LogP contribution in [0.4, 0.5) is 4.79 Å². The van der Waals surface area contributed by atoms with Gasteiger partial charge in [-0.05, 0) is 48.0 Å². The molecule has 1 aromatic rings. The lowest BCUT2D eigenvalue weighted by Crippen LogP contribution is -2.63. The summed E-state index contributed by atoms with van der Waals surface area (Å²) in [5, 5.41) is 96.9. The van der Waals surface area contributed by atoms with E-state index in [4.69, 9.17) is 0 Å². The van der Waals surface area contributed by atoms with Crippen molar-refractivity contribution in [2.75, 3.05) is 19.7 Å². The Hall–Kier alpha value is -6.84. The Kier molecular flexibility index (Phi) is 25.3. The van der Waals surface area contributed by atoms with Crippen LogP contribution in [0.3, 0.4) is 0 Å². The topological polar surface area (TPSA) is 454 Å². The molecular weight excluding hydrogens is 1020 g/mol. The molecule has 0 aliphatic carbocycles. The molecule has 3 heterocycles. The van der Waals surface area contributed by atoms with E-state index in [1.807, 2.05) is 5.32 Å². The fraction of sp³-hybridized carbons (Fsp3) is 0.714. The Morgan fingerprint density at radius 1 is 0.782 bits per heavy atom. The summed E-state index contributed by atoms with van der Waals surface area (Å²) in [6.45, 7) is 4.73. The van der Waals surface area contributed by atoms with Gasteiger partial charge in [0, 0.05) is 48.1 Å². The zero-order valence-corrected chi connectivity index (χ0v) is 44.3. The quantitative estimate of drug-likeness (QED) is 0.0347. The van der Waals surface area contributed by atoms with E-state index in [1.165, 1.54) is 31.9 Å². The monoisotopic (exact) mass is 1100 g/mol. The minimum atomic E-state index is -2.31. The van der Waals surface area contributed by atoms with Crippen LogP contribution in [-0.4, -0.2) is 186 Å². The van der Waals surface area contributed by atoms with Crippen LogP contribution in [0.5, 0.6) is 5.75 Å². The number of carbonyl (C=O) groups excluding carboxylic acids is 8. The van der Waals surface area contributed by atoms with Gasteiger partial charge in [0.25, 0.3) is 5.91 Å². The van der Waals surface area contributed by atoms with Crippen molar-refractivity contribution in [3.05, 3.63) is 50.7 Å². The maximum absolute atomic E-state index is 14.3. The molecule has 15 atom stereocenters. The highest BCUT2D eigenvalue weighted by molar-refractivity contribution is 6.02. The Labute approximate surface area is 450 Å². The van der Waals surface area contributed by atoms with E-state index in [-0.39, 0.29) is 17.7 Å². The smallest absolute Gasteiger partial charge is 0.322 e. The fourth-order valence-electron chi connectivity index (χ4n) is 9.65. The van der Waals surface area contributed by atoms with Crippen molar-refractivity contribution in [1.29, 1.82) is 0 Å². The van der Waals surface area contributed by atoms with Crippen molar-refractivity contribution >= 4 is 47.4 Å². The van der Waals surface area contributed by atoms with Crippen LogP contribution >= 0.6 is 0 Å². The van der Waals surface area contributed by atoms with Crippen LogP contribution in [0.25, 0.3) is 20.9 Å². The average molecular weight is 1100 g/mol. The number of fused-ring (bicyclic) bond motifs is 2. The summed E-state index contributed by atoms with van der Waals surface area (Å²) in [6, 6.07) is -10.3. The molecule has 0 aromatic heterocycles. The third-order valence-corrected chi connectivity index (χ3v) is 14.4. The van der Waals surface area contributed by atoms with Crippen LogP contribution in [0.15, 0.2) is 34.5 Å². The summed E-state index contributed by atoms with van der Waals surface area (Å²) >= 11 is 0. The first kappa shape index (κ1) is 63.7. The molecule has 1 aromatic carbocycles. The van der Waals surface area contributed by atoms with E-state index >= 15 is 0 Å². The lowest BCUT2D eigenvalue weighted by Gasteiger charge is -2.32. The number of aromatic hydroxyl groups is 1. The third-order valence-electron chi connectivity index (χ3n) is 14.4. The first-order valence-corrected chi connectivity index (χ1v) is 26.4. The van der Waals surface area contributed by atoms with Gasteiger partial charge < -0.3 is 72.1 Å². The van der Waals surface area contributed by atoms with Gasteiger partial charge in [-0.25, -0.2) is 4.79 Å². The molecule has 432 valence electrons. The Bertz CT molecular complexity index is 2340. The zero-order valence-electron chi connectivity index (χ0n) is 44.3. The van der Waals surface area contributed by atoms with Crippen LogP contribution in [0, 0.1) is 11.8 Å². The molecule has 0 spiro atoms. The molecule has 29 heteroatoms. The van der Waals surface area contributed by atoms with Crippen molar-refractivity contribution in [1.82, 2.24) is 41.7 Å². The number of aliphatic hydroxyl groups is 6. The third kappa shape index (κ3) is 17.9. The van der Waals surface area contributed by atoms with E-state index in [2.05, 4.69) is 60.5 Å². The van der Waals surface area contributed by atoms with Crippen LogP contribution in [-0.2, 0) is 33.6 Å². The van der Waals surface area contributed by atoms with Crippen LogP contribution < -0.4 is 31.9 Å². The SMILES string of the molecule is CCC(C)CCCCCCCCCCC(=O)N[C@H]1C[C@@H](O)[C@@H](N=[N+]=[N-])NC(=O)C2[C@@H](O)[C@@H](C)CN2C(=O)C(CO)NC(=O)C([C@H](O)C(N=[N+]=[N-])c2ccc(O)cc2)NC(=O)NC(=O)[C@@H]2C[C@@H](O)CN2C(=O)[C@H]([C@@H](C)O)NC1=O. The molecule has 3 aliphatic heterocycles. The van der Waals surface area contributed by atoms with Gasteiger partial charge in [-0.1, -0.05) is 101 Å². The second-order valence-electron chi connectivity index (χ2n) is 20.4. The normalized spacial score (nSPS) is 28.4. The number of carbonyl (C=O) groups is 8. The van der Waals surface area contributed by atoms with Crippen molar-refractivity contribution in [2.45, 2.75) is 190 Å². The minimum absolute atomic E-state index is 0.0251. The molecule has 0 radical (unpaired) electrons. The zero-order chi connectivity index (χ0) is 57.8. The molecule has 9 amide bonds. The predicted molar refractivity (Wildman–Crippen MR) is 275 cm³/mol. The number of amides is 9. The summed E-state index contributed by atoms with van der Waals surface area (Å²) in [5.74, 6) is -8.75. The highest BCUT2D eigenvalue weighted by atomic mass is 16.3. The maximum Gasteiger partial charge on any atom is 0.322 e. The molecular formula is C49H76N14O15. The standard InChI is InChI=1S/C49H76N14O15/c1-5-25(2)14-12-10-8-6-7-9-11-13-15-35(69)52-31-21-34(68)42(59-61-51)56-46(75)39-40(70)26(3)22-63(39)47(76)32(24-64)53-45(74)38(41(71)37(58-60-50)28-16-18-29(66)19-17-28)55-49(78)57-44(73)33-20-30(67)23-62(33)48(77)36(27(4)65)54-43(31)72/h16-19,25-27,30-34,36-42,64-68,70-71H,5-15,20-24H2,1-4H3,(H,52,69)(H,53,74)(H,54,72)(H,56,75)(H2,55,57,73,78)/t25?,26-,27+,30+,31-,32?,33-,34+,36-,37?,38?,39?,40-,41+,42+/m0/s1. The van der Waals surface area contributed by atoms with Gasteiger partial charge in [-0.2, -0.15) is 0 Å². The van der Waals surface area contributed by atoms with Crippen molar-refractivity contribution in [3.8, 4) is 5.75 Å². The highest BCUT2D eigenvalue weighted by Gasteiger charge is 2.49. The molecule has 4 rings (SSSR count). The van der Waals surface area contributed by atoms with E-state index in [1.54, 1.807) is 0 Å². The van der Waals surface area contributed by atoms with Gasteiger partial charge in [-0.15, -0.1) is 0 Å². The predicted octanol–water partition coefficient (Wildman–Crippen LogP) is -0.240. The molecule has 78 heavy (non-hydrogen) atoms. The Morgan fingerprint density at radius 2 is 1.42 bits per heavy atom. The molecule has 5 unspecified atom stereocenters. The summed E-state index contributed by atoms with van der Waals surface area (Å²) in [7, 11) is 0.